The second-order valence-electron chi connectivity index (χ2n) is 8.57. The molecule has 1 aliphatic rings. The monoisotopic (exact) mass is 424 g/mol. The summed E-state index contributed by atoms with van der Waals surface area (Å²) in [5.41, 5.74) is -0.993. The molecule has 0 aromatic heterocycles. The second-order valence-corrected chi connectivity index (χ2v) is 8.57. The van der Waals surface area contributed by atoms with Gasteiger partial charge in [-0.1, -0.05) is 37.6 Å². The number of methoxy groups -OCH3 is 2. The molecule has 0 amide bonds. The fraction of sp³-hybridized carbons (Fsp3) is 0.750. The molecule has 0 aliphatic heterocycles. The number of rotatable bonds is 14. The molecule has 6 heteroatoms. The van der Waals surface area contributed by atoms with E-state index < -0.39 is 11.7 Å². The maximum Gasteiger partial charge on any atom is 0.305 e. The largest absolute Gasteiger partial charge is 0.469 e. The number of esters is 1. The maximum atomic E-state index is 12.3. The molecule has 6 nitrogen and oxygen atoms in total. The van der Waals surface area contributed by atoms with E-state index in [0.29, 0.717) is 19.3 Å². The highest BCUT2D eigenvalue weighted by molar-refractivity contribution is 5.84. The SMILES string of the molecule is COCCCCC(C)[C@](C)(O)/C=C/[C@H]1[C@H](O)CC(=O)[C@@H]1C/C=C\CCCC(=O)OC. The number of hydrogen-bond donors (Lipinski definition) is 2. The number of ketones is 1. The Bertz CT molecular complexity index is 580. The normalized spacial score (nSPS) is 25.1. The van der Waals surface area contributed by atoms with E-state index in [9.17, 15) is 19.8 Å². The van der Waals surface area contributed by atoms with Crippen LogP contribution in [-0.2, 0) is 19.1 Å². The van der Waals surface area contributed by atoms with Crippen molar-refractivity contribution in [3.8, 4) is 0 Å². The lowest BCUT2D eigenvalue weighted by molar-refractivity contribution is -0.140. The molecule has 0 spiro atoms. The molecule has 0 heterocycles. The van der Waals surface area contributed by atoms with Gasteiger partial charge in [0.2, 0.25) is 0 Å². The van der Waals surface area contributed by atoms with Gasteiger partial charge in [0.25, 0.3) is 0 Å². The third-order valence-electron chi connectivity index (χ3n) is 6.16. The number of unbranched alkanes of at least 4 members (excludes halogenated alkanes) is 2. The van der Waals surface area contributed by atoms with E-state index in [1.54, 1.807) is 20.1 Å². The minimum atomic E-state index is -0.993. The van der Waals surface area contributed by atoms with E-state index in [4.69, 9.17) is 4.74 Å². The summed E-state index contributed by atoms with van der Waals surface area (Å²) in [4.78, 5) is 23.5. The van der Waals surface area contributed by atoms with Crippen molar-refractivity contribution in [2.24, 2.45) is 17.8 Å². The number of hydrogen-bond acceptors (Lipinski definition) is 6. The highest BCUT2D eigenvalue weighted by Crippen LogP contribution is 2.34. The van der Waals surface area contributed by atoms with Crippen molar-refractivity contribution in [1.82, 2.24) is 0 Å². The molecule has 0 radical (unpaired) electrons. The standard InChI is InChI=1S/C24H40O6/c1-18(11-9-10-16-29-3)24(2,28)15-14-20-19(21(25)17-22(20)26)12-7-5-6-8-13-23(27)30-4/h5,7,14-15,18-20,22,26,28H,6,8-13,16-17H2,1-4H3/b7-5-,15-14+/t18?,19-,20-,22-,24-/m1/s1. The fourth-order valence-electron chi connectivity index (χ4n) is 3.81. The number of aliphatic hydroxyl groups is 2. The molecule has 2 N–H and O–H groups in total. The molecule has 1 rings (SSSR count). The number of aliphatic hydroxyl groups excluding tert-OH is 1. The first kappa shape index (κ1) is 26.5. The van der Waals surface area contributed by atoms with Crippen molar-refractivity contribution in [2.45, 2.75) is 76.9 Å². The average Bonchev–Trinajstić information content (AvgIpc) is 2.98. The minimum absolute atomic E-state index is 0.0589. The van der Waals surface area contributed by atoms with Gasteiger partial charge in [0.1, 0.15) is 5.78 Å². The quantitative estimate of drug-likeness (QED) is 0.251. The molecule has 172 valence electrons. The Morgan fingerprint density at radius 2 is 2.00 bits per heavy atom. The predicted molar refractivity (Wildman–Crippen MR) is 117 cm³/mol. The Morgan fingerprint density at radius 1 is 1.27 bits per heavy atom. The summed E-state index contributed by atoms with van der Waals surface area (Å²) < 4.78 is 9.68. The van der Waals surface area contributed by atoms with Crippen molar-refractivity contribution in [1.29, 1.82) is 0 Å². The van der Waals surface area contributed by atoms with Crippen LogP contribution >= 0.6 is 0 Å². The van der Waals surface area contributed by atoms with Gasteiger partial charge in [-0.15, -0.1) is 0 Å². The third kappa shape index (κ3) is 9.11. The Morgan fingerprint density at radius 3 is 2.67 bits per heavy atom. The van der Waals surface area contributed by atoms with Crippen LogP contribution in [0.25, 0.3) is 0 Å². The lowest BCUT2D eigenvalue weighted by atomic mass is 9.83. The second kappa shape index (κ2) is 13.7. The fourth-order valence-corrected chi connectivity index (χ4v) is 3.81. The first-order valence-electron chi connectivity index (χ1n) is 11.1. The third-order valence-corrected chi connectivity index (χ3v) is 6.16. The van der Waals surface area contributed by atoms with Crippen molar-refractivity contribution in [2.75, 3.05) is 20.8 Å². The van der Waals surface area contributed by atoms with Crippen LogP contribution in [0.1, 0.15) is 65.2 Å². The zero-order valence-electron chi connectivity index (χ0n) is 19.0. The van der Waals surface area contributed by atoms with Crippen LogP contribution in [0, 0.1) is 17.8 Å². The van der Waals surface area contributed by atoms with Gasteiger partial charge in [0.15, 0.2) is 0 Å². The van der Waals surface area contributed by atoms with Gasteiger partial charge >= 0.3 is 5.97 Å². The van der Waals surface area contributed by atoms with Crippen molar-refractivity contribution in [3.05, 3.63) is 24.3 Å². The number of allylic oxidation sites excluding steroid dienone is 2. The van der Waals surface area contributed by atoms with Gasteiger partial charge in [-0.25, -0.2) is 0 Å². The number of Topliss-reactive ketones (excluding diaryl/α,β-unsaturated/α-hetero) is 1. The van der Waals surface area contributed by atoms with Crippen LogP contribution in [0.2, 0.25) is 0 Å². The van der Waals surface area contributed by atoms with E-state index >= 15 is 0 Å². The molecule has 0 aromatic rings. The number of carbonyl (C=O) groups is 2. The Balaban J connectivity index is 2.59. The Labute approximate surface area is 181 Å². The predicted octanol–water partition coefficient (Wildman–Crippen LogP) is 3.60. The van der Waals surface area contributed by atoms with Crippen LogP contribution in [0.4, 0.5) is 0 Å². The summed E-state index contributed by atoms with van der Waals surface area (Å²) in [5, 5.41) is 21.2. The van der Waals surface area contributed by atoms with E-state index in [-0.39, 0.29) is 35.9 Å². The number of ether oxygens (including phenoxy) is 2. The van der Waals surface area contributed by atoms with Crippen LogP contribution in [0.3, 0.4) is 0 Å². The molecule has 1 saturated carbocycles. The van der Waals surface area contributed by atoms with Gasteiger partial charge in [0.05, 0.1) is 18.8 Å². The summed E-state index contributed by atoms with van der Waals surface area (Å²) in [5.74, 6) is -0.662. The average molecular weight is 425 g/mol. The summed E-state index contributed by atoms with van der Waals surface area (Å²) in [6, 6.07) is 0. The van der Waals surface area contributed by atoms with Crippen LogP contribution in [-0.4, -0.2) is 54.5 Å². The first-order chi connectivity index (χ1) is 14.2. The molecular weight excluding hydrogens is 384 g/mol. The zero-order chi connectivity index (χ0) is 22.6. The van der Waals surface area contributed by atoms with Crippen LogP contribution < -0.4 is 0 Å². The van der Waals surface area contributed by atoms with Gasteiger partial charge in [-0.05, 0) is 44.9 Å². The van der Waals surface area contributed by atoms with E-state index in [2.05, 4.69) is 4.74 Å². The van der Waals surface area contributed by atoms with Gasteiger partial charge in [0, 0.05) is 38.4 Å². The lowest BCUT2D eigenvalue weighted by Gasteiger charge is -2.28. The summed E-state index contributed by atoms with van der Waals surface area (Å²) in [6.45, 7) is 4.52. The molecule has 0 bridgehead atoms. The lowest BCUT2D eigenvalue weighted by Crippen LogP contribution is -2.31. The van der Waals surface area contributed by atoms with Crippen molar-refractivity contribution >= 4 is 11.8 Å². The van der Waals surface area contributed by atoms with Gasteiger partial charge in [-0.2, -0.15) is 0 Å². The highest BCUT2D eigenvalue weighted by atomic mass is 16.5. The van der Waals surface area contributed by atoms with Crippen LogP contribution in [0.5, 0.6) is 0 Å². The first-order valence-corrected chi connectivity index (χ1v) is 11.1. The topological polar surface area (TPSA) is 93.1 Å². The van der Waals surface area contributed by atoms with Crippen LogP contribution in [0.15, 0.2) is 24.3 Å². The smallest absolute Gasteiger partial charge is 0.305 e. The molecule has 1 unspecified atom stereocenters. The van der Waals surface area contributed by atoms with E-state index in [0.717, 1.165) is 32.3 Å². The minimum Gasteiger partial charge on any atom is -0.469 e. The molecular formula is C24H40O6. The number of carbonyl (C=O) groups excluding carboxylic acids is 2. The Hall–Kier alpha value is -1.50. The Kier molecular flexibility index (Phi) is 12.1. The van der Waals surface area contributed by atoms with E-state index in [1.165, 1.54) is 7.11 Å². The summed E-state index contributed by atoms with van der Waals surface area (Å²) >= 11 is 0. The molecule has 5 atom stereocenters. The van der Waals surface area contributed by atoms with Crippen molar-refractivity contribution in [3.63, 3.8) is 0 Å². The summed E-state index contributed by atoms with van der Waals surface area (Å²) in [7, 11) is 3.06. The highest BCUT2D eigenvalue weighted by Gasteiger charge is 2.39. The summed E-state index contributed by atoms with van der Waals surface area (Å²) in [6.07, 6.45) is 12.2. The van der Waals surface area contributed by atoms with Gasteiger partial charge < -0.3 is 19.7 Å². The molecule has 0 saturated heterocycles. The maximum absolute atomic E-state index is 12.3. The zero-order valence-corrected chi connectivity index (χ0v) is 19.0. The van der Waals surface area contributed by atoms with Gasteiger partial charge in [-0.3, -0.25) is 9.59 Å². The molecule has 30 heavy (non-hydrogen) atoms. The van der Waals surface area contributed by atoms with Crippen molar-refractivity contribution < 1.29 is 29.3 Å². The molecule has 0 aromatic carbocycles. The van der Waals surface area contributed by atoms with E-state index in [1.807, 2.05) is 25.2 Å². The molecule has 1 fully saturated rings. The molecule has 1 aliphatic carbocycles.